The summed E-state index contributed by atoms with van der Waals surface area (Å²) in [4.78, 5) is 15.4. The van der Waals surface area contributed by atoms with E-state index in [0.29, 0.717) is 29.5 Å². The first-order valence-electron chi connectivity index (χ1n) is 11.5. The number of carbonyl (C=O) groups is 1. The zero-order chi connectivity index (χ0) is 23.5. The van der Waals surface area contributed by atoms with Gasteiger partial charge in [-0.2, -0.15) is 5.10 Å². The molecule has 0 bridgehead atoms. The smallest absolute Gasteiger partial charge is 0.254 e. The summed E-state index contributed by atoms with van der Waals surface area (Å²) in [5.74, 6) is 1.83. The maximum atomic E-state index is 13.4. The van der Waals surface area contributed by atoms with E-state index in [1.807, 2.05) is 96.8 Å². The average molecular weight is 454 g/mol. The van der Waals surface area contributed by atoms with Gasteiger partial charge in [0.2, 0.25) is 5.88 Å². The second kappa shape index (κ2) is 9.43. The Morgan fingerprint density at radius 3 is 2.21 bits per heavy atom. The summed E-state index contributed by atoms with van der Waals surface area (Å²) in [6, 6.07) is 27.1. The van der Waals surface area contributed by atoms with Crippen LogP contribution in [0.1, 0.15) is 34.5 Å². The lowest BCUT2D eigenvalue weighted by molar-refractivity contribution is 0.0728. The molecule has 0 unspecified atom stereocenters. The molecule has 5 rings (SSSR count). The molecule has 34 heavy (non-hydrogen) atoms. The monoisotopic (exact) mass is 453 g/mol. The second-order valence-electron chi connectivity index (χ2n) is 8.40. The minimum atomic E-state index is 0.0261. The van der Waals surface area contributed by atoms with Gasteiger partial charge in [-0.25, -0.2) is 4.68 Å². The van der Waals surface area contributed by atoms with Crippen molar-refractivity contribution < 1.29 is 14.3 Å². The number of aryl methyl sites for hydroxylation is 1. The fourth-order valence-electron chi connectivity index (χ4n) is 4.05. The minimum Gasteiger partial charge on any atom is -0.493 e. The molecule has 0 aliphatic heterocycles. The second-order valence-corrected chi connectivity index (χ2v) is 8.40. The predicted octanol–water partition coefficient (Wildman–Crippen LogP) is 5.79. The van der Waals surface area contributed by atoms with Crippen LogP contribution in [-0.2, 0) is 6.54 Å². The van der Waals surface area contributed by atoms with Crippen molar-refractivity contribution in [1.29, 1.82) is 0 Å². The van der Waals surface area contributed by atoms with Crippen LogP contribution in [0.5, 0.6) is 17.4 Å². The SMILES string of the molecule is COc1ccccc1Oc1c(CN(C(=O)c2ccccc2)C2CC2)c(C)nn1-c1ccccc1. The van der Waals surface area contributed by atoms with Crippen LogP contribution in [-0.4, -0.2) is 33.7 Å². The van der Waals surface area contributed by atoms with Gasteiger partial charge in [0.1, 0.15) is 0 Å². The Hall–Kier alpha value is -4.06. The summed E-state index contributed by atoms with van der Waals surface area (Å²) in [5.41, 5.74) is 3.27. The number of para-hydroxylation sites is 3. The van der Waals surface area contributed by atoms with Gasteiger partial charge in [0.25, 0.3) is 5.91 Å². The molecular formula is C28H27N3O3. The number of amides is 1. The van der Waals surface area contributed by atoms with E-state index in [9.17, 15) is 4.79 Å². The van der Waals surface area contributed by atoms with Crippen LogP contribution in [0.3, 0.4) is 0 Å². The summed E-state index contributed by atoms with van der Waals surface area (Å²) in [5, 5.41) is 4.81. The number of aromatic nitrogens is 2. The Bertz CT molecular complexity index is 1280. The quantitative estimate of drug-likeness (QED) is 0.339. The van der Waals surface area contributed by atoms with Crippen LogP contribution in [0.25, 0.3) is 5.69 Å². The Morgan fingerprint density at radius 1 is 0.941 bits per heavy atom. The Balaban J connectivity index is 1.57. The largest absolute Gasteiger partial charge is 0.493 e. The number of nitrogens with zero attached hydrogens (tertiary/aromatic N) is 3. The highest BCUT2D eigenvalue weighted by molar-refractivity contribution is 5.94. The highest BCUT2D eigenvalue weighted by atomic mass is 16.5. The molecule has 4 aromatic rings. The Morgan fingerprint density at radius 2 is 1.56 bits per heavy atom. The number of rotatable bonds is 8. The summed E-state index contributed by atoms with van der Waals surface area (Å²) in [6.45, 7) is 2.38. The van der Waals surface area contributed by atoms with Crippen LogP contribution < -0.4 is 9.47 Å². The van der Waals surface area contributed by atoms with Crippen LogP contribution in [0.2, 0.25) is 0 Å². The normalized spacial score (nSPS) is 12.9. The zero-order valence-electron chi connectivity index (χ0n) is 19.3. The maximum Gasteiger partial charge on any atom is 0.254 e. The van der Waals surface area contributed by atoms with E-state index in [1.54, 1.807) is 11.8 Å². The molecule has 1 amide bonds. The molecule has 6 nitrogen and oxygen atoms in total. The predicted molar refractivity (Wildman–Crippen MR) is 131 cm³/mol. The van der Waals surface area contributed by atoms with E-state index in [1.165, 1.54) is 0 Å². The standard InChI is InChI=1S/C28H27N3O3/c1-20-24(19-30(22-17-18-22)27(32)21-11-5-3-6-12-21)28(31(29-20)23-13-7-4-8-14-23)34-26-16-10-9-15-25(26)33-2/h3-16,22H,17-19H2,1-2H3. The molecule has 1 aromatic heterocycles. The summed E-state index contributed by atoms with van der Waals surface area (Å²) < 4.78 is 13.8. The van der Waals surface area contributed by atoms with E-state index in [0.717, 1.165) is 29.8 Å². The van der Waals surface area contributed by atoms with Gasteiger partial charge in [-0.05, 0) is 56.2 Å². The van der Waals surface area contributed by atoms with Crippen molar-refractivity contribution >= 4 is 5.91 Å². The summed E-state index contributed by atoms with van der Waals surface area (Å²) in [6.07, 6.45) is 2.01. The van der Waals surface area contributed by atoms with E-state index >= 15 is 0 Å². The highest BCUT2D eigenvalue weighted by Gasteiger charge is 2.35. The van der Waals surface area contributed by atoms with Gasteiger partial charge in [-0.3, -0.25) is 4.79 Å². The molecule has 0 spiro atoms. The van der Waals surface area contributed by atoms with E-state index in [-0.39, 0.29) is 11.9 Å². The molecule has 1 aliphatic rings. The van der Waals surface area contributed by atoms with Gasteiger partial charge in [0, 0.05) is 11.6 Å². The van der Waals surface area contributed by atoms with Crippen LogP contribution >= 0.6 is 0 Å². The number of hydrogen-bond donors (Lipinski definition) is 0. The molecule has 3 aromatic carbocycles. The molecule has 6 heteroatoms. The molecular weight excluding hydrogens is 426 g/mol. The lowest BCUT2D eigenvalue weighted by atomic mass is 10.1. The van der Waals surface area contributed by atoms with Gasteiger partial charge in [-0.1, -0.05) is 48.5 Å². The first-order valence-corrected chi connectivity index (χ1v) is 11.5. The zero-order valence-corrected chi connectivity index (χ0v) is 19.3. The van der Waals surface area contributed by atoms with Crippen LogP contribution in [0.4, 0.5) is 0 Å². The van der Waals surface area contributed by atoms with Crippen molar-refractivity contribution in [3.63, 3.8) is 0 Å². The van der Waals surface area contributed by atoms with Crippen molar-refractivity contribution in [2.24, 2.45) is 0 Å². The van der Waals surface area contributed by atoms with Crippen molar-refractivity contribution in [2.45, 2.75) is 32.4 Å². The summed E-state index contributed by atoms with van der Waals surface area (Å²) >= 11 is 0. The molecule has 0 radical (unpaired) electrons. The lowest BCUT2D eigenvalue weighted by Crippen LogP contribution is -2.32. The molecule has 0 atom stereocenters. The number of ether oxygens (including phenoxy) is 2. The highest BCUT2D eigenvalue weighted by Crippen LogP contribution is 2.38. The third-order valence-corrected chi connectivity index (χ3v) is 6.01. The van der Waals surface area contributed by atoms with Crippen LogP contribution in [0, 0.1) is 6.92 Å². The fourth-order valence-corrected chi connectivity index (χ4v) is 4.05. The van der Waals surface area contributed by atoms with Crippen molar-refractivity contribution in [3.05, 3.63) is 102 Å². The van der Waals surface area contributed by atoms with Gasteiger partial charge in [-0.15, -0.1) is 0 Å². The van der Waals surface area contributed by atoms with Crippen molar-refractivity contribution in [3.8, 4) is 23.1 Å². The third kappa shape index (κ3) is 4.39. The van der Waals surface area contributed by atoms with E-state index in [4.69, 9.17) is 14.6 Å². The van der Waals surface area contributed by atoms with Gasteiger partial charge in [0.05, 0.1) is 30.6 Å². The topological polar surface area (TPSA) is 56.6 Å². The molecule has 1 saturated carbocycles. The van der Waals surface area contributed by atoms with Crippen molar-refractivity contribution in [2.75, 3.05) is 7.11 Å². The Kier molecular flexibility index (Phi) is 6.04. The molecule has 1 heterocycles. The maximum absolute atomic E-state index is 13.4. The van der Waals surface area contributed by atoms with Gasteiger partial charge < -0.3 is 14.4 Å². The molecule has 1 fully saturated rings. The van der Waals surface area contributed by atoms with E-state index in [2.05, 4.69) is 0 Å². The number of hydrogen-bond acceptors (Lipinski definition) is 4. The molecule has 0 saturated heterocycles. The number of methoxy groups -OCH3 is 1. The minimum absolute atomic E-state index is 0.0261. The Labute approximate surface area is 199 Å². The first-order chi connectivity index (χ1) is 16.7. The first kappa shape index (κ1) is 21.8. The van der Waals surface area contributed by atoms with Gasteiger partial charge in [0.15, 0.2) is 11.5 Å². The van der Waals surface area contributed by atoms with Gasteiger partial charge >= 0.3 is 0 Å². The number of benzene rings is 3. The third-order valence-electron chi connectivity index (χ3n) is 6.01. The molecule has 0 N–H and O–H groups in total. The summed E-state index contributed by atoms with van der Waals surface area (Å²) in [7, 11) is 1.62. The molecule has 1 aliphatic carbocycles. The molecule has 172 valence electrons. The van der Waals surface area contributed by atoms with Crippen molar-refractivity contribution in [1.82, 2.24) is 14.7 Å². The fraction of sp³-hybridized carbons (Fsp3) is 0.214. The van der Waals surface area contributed by atoms with E-state index < -0.39 is 0 Å². The van der Waals surface area contributed by atoms with Crippen LogP contribution in [0.15, 0.2) is 84.9 Å². The lowest BCUT2D eigenvalue weighted by Gasteiger charge is -2.23. The average Bonchev–Trinajstić information content (AvgIpc) is 3.68. The number of carbonyl (C=O) groups excluding carboxylic acids is 1.